The van der Waals surface area contributed by atoms with E-state index in [0.29, 0.717) is 0 Å². The van der Waals surface area contributed by atoms with E-state index in [-0.39, 0.29) is 11.4 Å². The molecule has 0 aliphatic rings. The Morgan fingerprint density at radius 3 is 2.50 bits per heavy atom. The summed E-state index contributed by atoms with van der Waals surface area (Å²) >= 11 is 0. The van der Waals surface area contributed by atoms with E-state index in [2.05, 4.69) is 20.8 Å². The maximum Gasteiger partial charge on any atom is 0.296 e. The van der Waals surface area contributed by atoms with Crippen LogP contribution in [0, 0.1) is 10.1 Å². The largest absolute Gasteiger partial charge is 0.296 e. The van der Waals surface area contributed by atoms with Gasteiger partial charge < -0.3 is 0 Å². The molecule has 0 unspecified atom stereocenters. The highest BCUT2D eigenvalue weighted by atomic mass is 16.6. The first kappa shape index (κ1) is 13.3. The number of hydrazone groups is 1. The minimum Gasteiger partial charge on any atom is -0.277 e. The number of nitro groups is 1. The summed E-state index contributed by atoms with van der Waals surface area (Å²) in [6.07, 6.45) is 1.18. The maximum atomic E-state index is 10.8. The van der Waals surface area contributed by atoms with E-state index in [1.165, 1.54) is 18.5 Å². The van der Waals surface area contributed by atoms with E-state index in [1.54, 1.807) is 12.1 Å². The molecule has 0 amide bonds. The fourth-order valence-corrected chi connectivity index (χ4v) is 1.43. The summed E-state index contributed by atoms with van der Waals surface area (Å²) in [5.74, 6) is 0. The van der Waals surface area contributed by atoms with Crippen molar-refractivity contribution in [3.63, 3.8) is 0 Å². The lowest BCUT2D eigenvalue weighted by molar-refractivity contribution is -0.384. The molecule has 0 radical (unpaired) electrons. The summed E-state index contributed by atoms with van der Waals surface area (Å²) in [5, 5.41) is 22.0. The summed E-state index contributed by atoms with van der Waals surface area (Å²) in [7, 11) is 0. The molecule has 7 nitrogen and oxygen atoms in total. The Morgan fingerprint density at radius 2 is 1.75 bits per heavy atom. The minimum atomic E-state index is -0.506. The number of rotatable bonds is 5. The molecule has 0 saturated heterocycles. The molecule has 0 aliphatic heterocycles. The van der Waals surface area contributed by atoms with Crippen molar-refractivity contribution in [3.05, 3.63) is 64.7 Å². The number of nitrogens with one attached hydrogen (secondary N) is 1. The van der Waals surface area contributed by atoms with E-state index in [9.17, 15) is 10.1 Å². The fourth-order valence-electron chi connectivity index (χ4n) is 1.43. The Bertz CT molecular complexity index is 640. The molecule has 0 atom stereocenters. The van der Waals surface area contributed by atoms with E-state index >= 15 is 0 Å². The van der Waals surface area contributed by atoms with E-state index in [0.717, 1.165) is 5.69 Å². The molecule has 0 aliphatic carbocycles. The van der Waals surface area contributed by atoms with Crippen LogP contribution in [0.4, 0.5) is 17.1 Å². The SMILES string of the molecule is O=[N+]([O-])c1ccccc1N=NC=NNc1ccccc1. The summed E-state index contributed by atoms with van der Waals surface area (Å²) in [5.41, 5.74) is 3.65. The first-order valence-corrected chi connectivity index (χ1v) is 5.74. The van der Waals surface area contributed by atoms with Crippen LogP contribution in [-0.4, -0.2) is 11.3 Å². The van der Waals surface area contributed by atoms with Crippen LogP contribution in [0.15, 0.2) is 69.9 Å². The lowest BCUT2D eigenvalue weighted by Gasteiger charge is -1.96. The summed E-state index contributed by atoms with van der Waals surface area (Å²) in [6.45, 7) is 0. The third-order valence-electron chi connectivity index (χ3n) is 2.32. The normalized spacial score (nSPS) is 11.0. The minimum absolute atomic E-state index is 0.0966. The number of hydrogen-bond donors (Lipinski definition) is 1. The highest BCUT2D eigenvalue weighted by Gasteiger charge is 2.10. The average Bonchev–Trinajstić information content (AvgIpc) is 2.48. The summed E-state index contributed by atoms with van der Waals surface area (Å²) in [4.78, 5) is 10.2. The van der Waals surface area contributed by atoms with Crippen LogP contribution < -0.4 is 5.43 Å². The first-order chi connectivity index (χ1) is 9.77. The van der Waals surface area contributed by atoms with Gasteiger partial charge in [0.2, 0.25) is 0 Å². The molecule has 1 N–H and O–H groups in total. The van der Waals surface area contributed by atoms with Crippen molar-refractivity contribution in [2.45, 2.75) is 0 Å². The molecular weight excluding hydrogens is 258 g/mol. The van der Waals surface area contributed by atoms with Crippen LogP contribution in [0.25, 0.3) is 0 Å². The number of nitrogens with zero attached hydrogens (tertiary/aromatic N) is 4. The number of para-hydroxylation sites is 2. The van der Waals surface area contributed by atoms with Gasteiger partial charge in [-0.15, -0.1) is 10.2 Å². The van der Waals surface area contributed by atoms with Crippen LogP contribution in [0.1, 0.15) is 0 Å². The van der Waals surface area contributed by atoms with Gasteiger partial charge in [0.05, 0.1) is 10.6 Å². The Kier molecular flexibility index (Phi) is 4.50. The summed E-state index contributed by atoms with van der Waals surface area (Å²) < 4.78 is 0. The van der Waals surface area contributed by atoms with Crippen molar-refractivity contribution in [2.75, 3.05) is 5.43 Å². The second-order valence-corrected chi connectivity index (χ2v) is 3.68. The Labute approximate surface area is 114 Å². The van der Waals surface area contributed by atoms with Gasteiger partial charge in [-0.3, -0.25) is 15.5 Å². The van der Waals surface area contributed by atoms with Gasteiger partial charge in [0.25, 0.3) is 5.69 Å². The van der Waals surface area contributed by atoms with Crippen LogP contribution in [0.3, 0.4) is 0 Å². The van der Waals surface area contributed by atoms with Crippen molar-refractivity contribution >= 4 is 23.4 Å². The van der Waals surface area contributed by atoms with Gasteiger partial charge >= 0.3 is 0 Å². The lowest BCUT2D eigenvalue weighted by Crippen LogP contribution is -1.88. The van der Waals surface area contributed by atoms with Crippen molar-refractivity contribution in [1.82, 2.24) is 0 Å². The highest BCUT2D eigenvalue weighted by Crippen LogP contribution is 2.26. The molecule has 20 heavy (non-hydrogen) atoms. The molecule has 0 bridgehead atoms. The van der Waals surface area contributed by atoms with Gasteiger partial charge in [0.1, 0.15) is 0 Å². The molecule has 2 aromatic carbocycles. The van der Waals surface area contributed by atoms with Crippen LogP contribution >= 0.6 is 0 Å². The second-order valence-electron chi connectivity index (χ2n) is 3.68. The molecule has 0 saturated carbocycles. The van der Waals surface area contributed by atoms with Crippen LogP contribution in [0.2, 0.25) is 0 Å². The van der Waals surface area contributed by atoms with Gasteiger partial charge in [0, 0.05) is 6.07 Å². The molecule has 0 spiro atoms. The third-order valence-corrected chi connectivity index (χ3v) is 2.32. The zero-order valence-corrected chi connectivity index (χ0v) is 10.4. The molecule has 100 valence electrons. The molecule has 2 rings (SSSR count). The standard InChI is InChI=1S/C13H11N5O2/c19-18(20)13-9-5-4-8-12(13)17-15-10-14-16-11-6-2-1-3-7-11/h1-10,16H. The fraction of sp³-hybridized carbons (Fsp3) is 0. The lowest BCUT2D eigenvalue weighted by atomic mass is 10.3. The van der Waals surface area contributed by atoms with Gasteiger partial charge in [0.15, 0.2) is 12.0 Å². The number of benzene rings is 2. The smallest absolute Gasteiger partial charge is 0.277 e. The van der Waals surface area contributed by atoms with Crippen molar-refractivity contribution < 1.29 is 4.92 Å². The quantitative estimate of drug-likeness (QED) is 0.294. The van der Waals surface area contributed by atoms with E-state index < -0.39 is 4.92 Å². The number of anilines is 1. The van der Waals surface area contributed by atoms with E-state index in [1.807, 2.05) is 30.3 Å². The molecule has 0 heterocycles. The Morgan fingerprint density at radius 1 is 1.05 bits per heavy atom. The van der Waals surface area contributed by atoms with Gasteiger partial charge in [-0.2, -0.15) is 5.10 Å². The molecule has 2 aromatic rings. The number of azo groups is 1. The van der Waals surface area contributed by atoms with E-state index in [4.69, 9.17) is 0 Å². The summed E-state index contributed by atoms with van der Waals surface area (Å²) in [6, 6.07) is 15.4. The average molecular weight is 269 g/mol. The van der Waals surface area contributed by atoms with Crippen LogP contribution in [-0.2, 0) is 0 Å². The van der Waals surface area contributed by atoms with Crippen molar-refractivity contribution in [1.29, 1.82) is 0 Å². The monoisotopic (exact) mass is 269 g/mol. The third kappa shape index (κ3) is 3.70. The molecule has 0 aromatic heterocycles. The number of nitro benzene ring substituents is 1. The van der Waals surface area contributed by atoms with Crippen LogP contribution in [0.5, 0.6) is 0 Å². The predicted molar refractivity (Wildman–Crippen MR) is 76.2 cm³/mol. The maximum absolute atomic E-state index is 10.8. The van der Waals surface area contributed by atoms with Crippen molar-refractivity contribution in [2.24, 2.45) is 15.3 Å². The predicted octanol–water partition coefficient (Wildman–Crippen LogP) is 3.73. The molecule has 7 heteroatoms. The zero-order valence-electron chi connectivity index (χ0n) is 10.4. The Hall–Kier alpha value is -3.09. The Balaban J connectivity index is 1.99. The van der Waals surface area contributed by atoms with Gasteiger partial charge in [-0.25, -0.2) is 0 Å². The second kappa shape index (κ2) is 6.74. The molecular formula is C13H11N5O2. The highest BCUT2D eigenvalue weighted by molar-refractivity contribution is 5.60. The van der Waals surface area contributed by atoms with Gasteiger partial charge in [-0.1, -0.05) is 30.3 Å². The molecule has 0 fully saturated rings. The van der Waals surface area contributed by atoms with Gasteiger partial charge in [-0.05, 0) is 18.2 Å². The zero-order chi connectivity index (χ0) is 14.2. The first-order valence-electron chi connectivity index (χ1n) is 5.74. The topological polar surface area (TPSA) is 92.2 Å². The number of hydrogen-bond acceptors (Lipinski definition) is 5. The van der Waals surface area contributed by atoms with Crippen molar-refractivity contribution in [3.8, 4) is 0 Å².